The molecule has 0 aliphatic heterocycles. The highest BCUT2D eigenvalue weighted by Gasteiger charge is 2.17. The minimum atomic E-state index is -0.238. The van der Waals surface area contributed by atoms with Gasteiger partial charge in [-0.1, -0.05) is 41.9 Å². The first kappa shape index (κ1) is 23.6. The van der Waals surface area contributed by atoms with Crippen LogP contribution in [0.5, 0.6) is 5.75 Å². The number of fused-ring (bicyclic) bond motifs is 1. The summed E-state index contributed by atoms with van der Waals surface area (Å²) in [6.45, 7) is 4.39. The van der Waals surface area contributed by atoms with Gasteiger partial charge in [0.2, 0.25) is 5.91 Å². The summed E-state index contributed by atoms with van der Waals surface area (Å²) in [5.74, 6) is 1.03. The number of nitrogens with one attached hydrogen (secondary N) is 1. The van der Waals surface area contributed by atoms with Crippen LogP contribution in [0.4, 0.5) is 5.82 Å². The van der Waals surface area contributed by atoms with Gasteiger partial charge in [0.1, 0.15) is 12.3 Å². The second kappa shape index (κ2) is 9.83. The van der Waals surface area contributed by atoms with E-state index in [0.29, 0.717) is 23.0 Å². The van der Waals surface area contributed by atoms with E-state index >= 15 is 0 Å². The number of hydrogen-bond donors (Lipinski definition) is 1. The number of methoxy groups -OCH3 is 1. The van der Waals surface area contributed by atoms with Crippen molar-refractivity contribution >= 4 is 34.4 Å². The molecule has 3 heterocycles. The molecule has 0 radical (unpaired) electrons. The summed E-state index contributed by atoms with van der Waals surface area (Å²) >= 11 is 6.29. The average Bonchev–Trinajstić information content (AvgIpc) is 3.38. The number of amides is 1. The molecule has 0 aliphatic rings. The van der Waals surface area contributed by atoms with E-state index in [9.17, 15) is 4.79 Å². The number of anilines is 1. The Bertz CT molecular complexity index is 1550. The predicted molar refractivity (Wildman–Crippen MR) is 140 cm³/mol. The summed E-state index contributed by atoms with van der Waals surface area (Å²) in [5.41, 5.74) is 5.35. The van der Waals surface area contributed by atoms with Gasteiger partial charge in [0, 0.05) is 28.4 Å². The molecule has 182 valence electrons. The van der Waals surface area contributed by atoms with Crippen LogP contribution in [-0.2, 0) is 17.9 Å². The number of pyridine rings is 1. The lowest BCUT2D eigenvalue weighted by Crippen LogP contribution is -2.20. The van der Waals surface area contributed by atoms with E-state index in [-0.39, 0.29) is 12.5 Å². The molecule has 0 atom stereocenters. The number of aromatic nitrogens is 5. The SMILES string of the molecule is COc1ccc(-c2ccnc3c2c(C)nn3CC(=O)Nc2cc(C)n(Cc3ccccc3Cl)n2)cc1. The van der Waals surface area contributed by atoms with E-state index in [1.807, 2.05) is 79.2 Å². The lowest BCUT2D eigenvalue weighted by Gasteiger charge is -2.07. The van der Waals surface area contributed by atoms with Crippen LogP contribution in [0.15, 0.2) is 66.9 Å². The largest absolute Gasteiger partial charge is 0.497 e. The zero-order chi connectivity index (χ0) is 25.2. The molecule has 1 amide bonds. The summed E-state index contributed by atoms with van der Waals surface area (Å²) < 4.78 is 8.71. The molecule has 0 unspecified atom stereocenters. The van der Waals surface area contributed by atoms with E-state index in [2.05, 4.69) is 20.5 Å². The van der Waals surface area contributed by atoms with Crippen LogP contribution in [0.25, 0.3) is 22.2 Å². The number of aryl methyl sites for hydroxylation is 2. The Hall–Kier alpha value is -4.17. The molecule has 5 rings (SSSR count). The molecule has 5 aromatic rings. The highest BCUT2D eigenvalue weighted by molar-refractivity contribution is 6.31. The van der Waals surface area contributed by atoms with Crippen molar-refractivity contribution in [1.82, 2.24) is 24.5 Å². The van der Waals surface area contributed by atoms with Gasteiger partial charge in [-0.05, 0) is 54.8 Å². The van der Waals surface area contributed by atoms with Gasteiger partial charge in [-0.3, -0.25) is 9.48 Å². The number of benzene rings is 2. The Kier molecular flexibility index (Phi) is 6.43. The van der Waals surface area contributed by atoms with Gasteiger partial charge in [0.25, 0.3) is 0 Å². The van der Waals surface area contributed by atoms with Gasteiger partial charge in [-0.2, -0.15) is 10.2 Å². The second-order valence-corrected chi connectivity index (χ2v) is 8.90. The van der Waals surface area contributed by atoms with Gasteiger partial charge in [-0.25, -0.2) is 9.67 Å². The first-order valence-electron chi connectivity index (χ1n) is 11.5. The molecule has 0 fully saturated rings. The smallest absolute Gasteiger partial charge is 0.247 e. The Morgan fingerprint density at radius 1 is 1.03 bits per heavy atom. The summed E-state index contributed by atoms with van der Waals surface area (Å²) in [4.78, 5) is 17.4. The number of rotatable bonds is 7. The summed E-state index contributed by atoms with van der Waals surface area (Å²) in [7, 11) is 1.64. The normalized spacial score (nSPS) is 11.1. The highest BCUT2D eigenvalue weighted by atomic mass is 35.5. The van der Waals surface area contributed by atoms with Crippen LogP contribution < -0.4 is 10.1 Å². The van der Waals surface area contributed by atoms with Crippen LogP contribution in [0.2, 0.25) is 5.02 Å². The number of halogens is 1. The maximum Gasteiger partial charge on any atom is 0.247 e. The molecule has 0 saturated carbocycles. The number of nitrogens with zero attached hydrogens (tertiary/aromatic N) is 5. The number of carbonyl (C=O) groups excluding carboxylic acids is 1. The zero-order valence-corrected chi connectivity index (χ0v) is 21.0. The van der Waals surface area contributed by atoms with Gasteiger partial charge in [-0.15, -0.1) is 0 Å². The fourth-order valence-electron chi connectivity index (χ4n) is 4.24. The molecule has 0 aliphatic carbocycles. The van der Waals surface area contributed by atoms with Crippen LogP contribution >= 0.6 is 11.6 Å². The fraction of sp³-hybridized carbons (Fsp3) is 0.185. The Morgan fingerprint density at radius 2 is 1.81 bits per heavy atom. The Balaban J connectivity index is 1.35. The van der Waals surface area contributed by atoms with Crippen LogP contribution in [0.3, 0.4) is 0 Å². The number of hydrogen-bond acceptors (Lipinski definition) is 5. The first-order chi connectivity index (χ1) is 17.4. The third-order valence-corrected chi connectivity index (χ3v) is 6.40. The highest BCUT2D eigenvalue weighted by Crippen LogP contribution is 2.31. The van der Waals surface area contributed by atoms with E-state index in [1.165, 1.54) is 0 Å². The van der Waals surface area contributed by atoms with Crippen molar-refractivity contribution in [1.29, 1.82) is 0 Å². The molecule has 0 bridgehead atoms. The molecule has 36 heavy (non-hydrogen) atoms. The molecule has 9 heteroatoms. The van der Waals surface area contributed by atoms with Crippen molar-refractivity contribution in [3.63, 3.8) is 0 Å². The summed E-state index contributed by atoms with van der Waals surface area (Å²) in [5, 5.41) is 13.6. The van der Waals surface area contributed by atoms with E-state index in [0.717, 1.165) is 39.2 Å². The van der Waals surface area contributed by atoms with Gasteiger partial charge in [0.05, 0.1) is 19.3 Å². The Morgan fingerprint density at radius 3 is 2.56 bits per heavy atom. The van der Waals surface area contributed by atoms with Crippen molar-refractivity contribution < 1.29 is 9.53 Å². The predicted octanol–water partition coefficient (Wildman–Crippen LogP) is 5.26. The summed E-state index contributed by atoms with van der Waals surface area (Å²) in [6.07, 6.45) is 1.73. The molecule has 2 aromatic carbocycles. The molecule has 1 N–H and O–H groups in total. The molecule has 8 nitrogen and oxygen atoms in total. The second-order valence-electron chi connectivity index (χ2n) is 8.50. The maximum absolute atomic E-state index is 12.9. The van der Waals surface area contributed by atoms with Gasteiger partial charge >= 0.3 is 0 Å². The zero-order valence-electron chi connectivity index (χ0n) is 20.2. The first-order valence-corrected chi connectivity index (χ1v) is 11.8. The van der Waals surface area contributed by atoms with Gasteiger partial charge in [0.15, 0.2) is 11.5 Å². The maximum atomic E-state index is 12.9. The number of carbonyl (C=O) groups is 1. The van der Waals surface area contributed by atoms with Crippen molar-refractivity contribution in [3.05, 3.63) is 88.8 Å². The van der Waals surface area contributed by atoms with Crippen LogP contribution in [0.1, 0.15) is 17.0 Å². The monoisotopic (exact) mass is 500 g/mol. The van der Waals surface area contributed by atoms with Gasteiger partial charge < -0.3 is 10.1 Å². The minimum Gasteiger partial charge on any atom is -0.497 e. The van der Waals surface area contributed by atoms with Crippen molar-refractivity contribution in [3.8, 4) is 16.9 Å². The van der Waals surface area contributed by atoms with Crippen molar-refractivity contribution in [2.75, 3.05) is 12.4 Å². The summed E-state index contributed by atoms with van der Waals surface area (Å²) in [6, 6.07) is 19.3. The topological polar surface area (TPSA) is 86.9 Å². The van der Waals surface area contributed by atoms with Crippen LogP contribution in [-0.4, -0.2) is 37.6 Å². The van der Waals surface area contributed by atoms with Crippen molar-refractivity contribution in [2.24, 2.45) is 0 Å². The lowest BCUT2D eigenvalue weighted by atomic mass is 10.0. The molecular weight excluding hydrogens is 476 g/mol. The quantitative estimate of drug-likeness (QED) is 0.329. The molecule has 0 spiro atoms. The minimum absolute atomic E-state index is 0.0137. The lowest BCUT2D eigenvalue weighted by molar-refractivity contribution is -0.116. The van der Waals surface area contributed by atoms with E-state index < -0.39 is 0 Å². The van der Waals surface area contributed by atoms with Crippen molar-refractivity contribution in [2.45, 2.75) is 26.9 Å². The third kappa shape index (κ3) is 4.67. The molecular formula is C27H25ClN6O2. The fourth-order valence-corrected chi connectivity index (χ4v) is 4.44. The Labute approximate surface area is 213 Å². The standard InChI is InChI=1S/C27H25ClN6O2/c1-17-14-24(32-33(17)15-20-6-4-5-7-23(20)28)30-25(35)16-34-27-26(18(2)31-34)22(12-13-29-27)19-8-10-21(36-3)11-9-19/h4-14H,15-16H2,1-3H3,(H,30,32,35). The number of ether oxygens (including phenoxy) is 1. The molecule has 3 aromatic heterocycles. The van der Waals surface area contributed by atoms with E-state index in [1.54, 1.807) is 18.0 Å². The third-order valence-electron chi connectivity index (χ3n) is 6.03. The van der Waals surface area contributed by atoms with E-state index in [4.69, 9.17) is 16.3 Å². The average molecular weight is 501 g/mol. The van der Waals surface area contributed by atoms with Crippen LogP contribution in [0, 0.1) is 13.8 Å². The molecule has 0 saturated heterocycles.